The first kappa shape index (κ1) is 18.5. The maximum absolute atomic E-state index is 11.8. The number of likely N-dealkylation sites (tertiary alicyclic amines) is 1. The predicted octanol–water partition coefficient (Wildman–Crippen LogP) is 1.93. The van der Waals surface area contributed by atoms with Crippen LogP contribution in [0.2, 0.25) is 0 Å². The summed E-state index contributed by atoms with van der Waals surface area (Å²) < 4.78 is 0. The molecule has 1 heterocycles. The largest absolute Gasteiger partial charge is 0.481 e. The van der Waals surface area contributed by atoms with E-state index in [1.165, 1.54) is 0 Å². The molecule has 1 aliphatic heterocycles. The highest BCUT2D eigenvalue weighted by Gasteiger charge is 2.18. The molecule has 0 unspecified atom stereocenters. The molecule has 6 heteroatoms. The van der Waals surface area contributed by atoms with Gasteiger partial charge >= 0.3 is 5.97 Å². The Bertz CT molecular complexity index is 371. The van der Waals surface area contributed by atoms with Gasteiger partial charge in [-0.15, -0.1) is 0 Å². The van der Waals surface area contributed by atoms with E-state index in [0.29, 0.717) is 19.5 Å². The number of nitrogens with one attached hydrogen (secondary N) is 1. The average Bonchev–Trinajstić information content (AvgIpc) is 2.67. The molecule has 0 aromatic carbocycles. The van der Waals surface area contributed by atoms with Crippen LogP contribution in [0.5, 0.6) is 0 Å². The summed E-state index contributed by atoms with van der Waals surface area (Å²) in [5.74, 6) is -0.734. The molecule has 0 bridgehead atoms. The first-order chi connectivity index (χ1) is 10.6. The zero-order valence-electron chi connectivity index (χ0n) is 13.3. The summed E-state index contributed by atoms with van der Waals surface area (Å²) in [5.41, 5.74) is 0. The van der Waals surface area contributed by atoms with Crippen molar-refractivity contribution in [1.29, 1.82) is 0 Å². The summed E-state index contributed by atoms with van der Waals surface area (Å²) in [6, 6.07) is 0. The van der Waals surface area contributed by atoms with Gasteiger partial charge in [0.15, 0.2) is 0 Å². The number of amides is 2. The molecule has 22 heavy (non-hydrogen) atoms. The molecule has 0 atom stereocenters. The highest BCUT2D eigenvalue weighted by Crippen LogP contribution is 2.10. The Labute approximate surface area is 132 Å². The number of carboxylic acid groups (broad SMARTS) is 1. The van der Waals surface area contributed by atoms with E-state index >= 15 is 0 Å². The molecule has 1 rings (SSSR count). The van der Waals surface area contributed by atoms with Crippen molar-refractivity contribution >= 4 is 17.8 Å². The Kier molecular flexibility index (Phi) is 9.26. The van der Waals surface area contributed by atoms with Crippen LogP contribution in [-0.4, -0.2) is 47.4 Å². The number of unbranched alkanes of at least 4 members (excludes halogenated alkanes) is 4. The van der Waals surface area contributed by atoms with Crippen molar-refractivity contribution in [2.75, 3.05) is 19.6 Å². The molecule has 2 amide bonds. The fourth-order valence-corrected chi connectivity index (χ4v) is 2.59. The molecule has 0 radical (unpaired) electrons. The van der Waals surface area contributed by atoms with Crippen molar-refractivity contribution in [3.8, 4) is 0 Å². The lowest BCUT2D eigenvalue weighted by molar-refractivity contribution is -0.137. The van der Waals surface area contributed by atoms with Gasteiger partial charge in [-0.25, -0.2) is 0 Å². The summed E-state index contributed by atoms with van der Waals surface area (Å²) in [4.78, 5) is 35.6. The van der Waals surface area contributed by atoms with E-state index < -0.39 is 5.97 Å². The van der Waals surface area contributed by atoms with E-state index in [1.807, 2.05) is 0 Å². The van der Waals surface area contributed by atoms with Crippen molar-refractivity contribution in [3.05, 3.63) is 0 Å². The summed E-state index contributed by atoms with van der Waals surface area (Å²) in [6.45, 7) is 1.49. The van der Waals surface area contributed by atoms with Gasteiger partial charge in [0.2, 0.25) is 11.8 Å². The average molecular weight is 312 g/mol. The van der Waals surface area contributed by atoms with Crippen LogP contribution >= 0.6 is 0 Å². The van der Waals surface area contributed by atoms with Gasteiger partial charge in [-0.2, -0.15) is 0 Å². The molecule has 0 spiro atoms. The predicted molar refractivity (Wildman–Crippen MR) is 83.4 cm³/mol. The Morgan fingerprint density at radius 2 is 1.77 bits per heavy atom. The van der Waals surface area contributed by atoms with Gasteiger partial charge in [0.25, 0.3) is 0 Å². The number of hydrogen-bond donors (Lipinski definition) is 2. The molecular weight excluding hydrogens is 284 g/mol. The Hall–Kier alpha value is -1.59. The van der Waals surface area contributed by atoms with Gasteiger partial charge < -0.3 is 15.3 Å². The molecular formula is C16H28N2O4. The third kappa shape index (κ3) is 8.64. The minimum absolute atomic E-state index is 0.0823. The van der Waals surface area contributed by atoms with Crippen molar-refractivity contribution in [1.82, 2.24) is 10.2 Å². The monoisotopic (exact) mass is 312 g/mol. The Morgan fingerprint density at radius 3 is 2.55 bits per heavy atom. The summed E-state index contributed by atoms with van der Waals surface area (Å²) in [7, 11) is 0. The Balaban J connectivity index is 2.01. The standard InChI is InChI=1S/C16H28N2O4/c19-14(13-18-12-8-4-5-9-15(18)20)17-11-7-3-1-2-6-10-16(21)22/h1-13H2,(H,17,19)(H,21,22). The van der Waals surface area contributed by atoms with E-state index in [0.717, 1.165) is 51.4 Å². The number of aliphatic carboxylic acids is 1. The van der Waals surface area contributed by atoms with Crippen LogP contribution in [0.1, 0.15) is 64.2 Å². The number of hydrogen-bond acceptors (Lipinski definition) is 3. The molecule has 126 valence electrons. The highest BCUT2D eigenvalue weighted by molar-refractivity contribution is 5.84. The molecule has 1 fully saturated rings. The SMILES string of the molecule is O=C(O)CCCCCCCNC(=O)CN1CCCCCC1=O. The minimum atomic E-state index is -0.740. The first-order valence-electron chi connectivity index (χ1n) is 8.36. The van der Waals surface area contributed by atoms with Crippen LogP contribution in [-0.2, 0) is 14.4 Å². The van der Waals surface area contributed by atoms with Crippen LogP contribution in [0.15, 0.2) is 0 Å². The number of carbonyl (C=O) groups excluding carboxylic acids is 2. The Morgan fingerprint density at radius 1 is 1.05 bits per heavy atom. The van der Waals surface area contributed by atoms with E-state index in [1.54, 1.807) is 4.90 Å². The molecule has 0 aromatic heterocycles. The zero-order chi connectivity index (χ0) is 16.2. The first-order valence-corrected chi connectivity index (χ1v) is 8.36. The number of nitrogens with zero attached hydrogens (tertiary/aromatic N) is 1. The quantitative estimate of drug-likeness (QED) is 0.603. The van der Waals surface area contributed by atoms with Crippen LogP contribution < -0.4 is 5.32 Å². The summed E-state index contributed by atoms with van der Waals surface area (Å²) >= 11 is 0. The second-order valence-corrected chi connectivity index (χ2v) is 5.89. The van der Waals surface area contributed by atoms with Gasteiger partial charge in [0.05, 0.1) is 6.54 Å². The van der Waals surface area contributed by atoms with Crippen molar-refractivity contribution in [2.24, 2.45) is 0 Å². The maximum atomic E-state index is 11.8. The second kappa shape index (κ2) is 11.0. The van der Waals surface area contributed by atoms with Crippen LogP contribution in [0.25, 0.3) is 0 Å². The minimum Gasteiger partial charge on any atom is -0.481 e. The van der Waals surface area contributed by atoms with Gasteiger partial charge in [-0.1, -0.05) is 25.7 Å². The summed E-state index contributed by atoms with van der Waals surface area (Å²) in [5, 5.41) is 11.4. The lowest BCUT2D eigenvalue weighted by atomic mass is 10.1. The third-order valence-electron chi connectivity index (χ3n) is 3.90. The molecule has 2 N–H and O–H groups in total. The fourth-order valence-electron chi connectivity index (χ4n) is 2.59. The third-order valence-corrected chi connectivity index (χ3v) is 3.90. The lowest BCUT2D eigenvalue weighted by Gasteiger charge is -2.19. The number of rotatable bonds is 10. The van der Waals surface area contributed by atoms with Gasteiger partial charge in [-0.3, -0.25) is 14.4 Å². The van der Waals surface area contributed by atoms with E-state index in [2.05, 4.69) is 5.32 Å². The number of carbonyl (C=O) groups is 3. The molecule has 0 aromatic rings. The normalized spacial score (nSPS) is 15.5. The fraction of sp³-hybridized carbons (Fsp3) is 0.812. The van der Waals surface area contributed by atoms with Crippen molar-refractivity contribution in [3.63, 3.8) is 0 Å². The molecule has 1 saturated heterocycles. The van der Waals surface area contributed by atoms with E-state index in [-0.39, 0.29) is 24.8 Å². The van der Waals surface area contributed by atoms with Gasteiger partial charge in [0.1, 0.15) is 0 Å². The van der Waals surface area contributed by atoms with Crippen LogP contribution in [0, 0.1) is 0 Å². The highest BCUT2D eigenvalue weighted by atomic mass is 16.4. The second-order valence-electron chi connectivity index (χ2n) is 5.89. The van der Waals surface area contributed by atoms with Crippen molar-refractivity contribution in [2.45, 2.75) is 64.2 Å². The summed E-state index contributed by atoms with van der Waals surface area (Å²) in [6.07, 6.45) is 8.29. The van der Waals surface area contributed by atoms with Crippen molar-refractivity contribution < 1.29 is 19.5 Å². The van der Waals surface area contributed by atoms with Crippen LogP contribution in [0.4, 0.5) is 0 Å². The smallest absolute Gasteiger partial charge is 0.303 e. The zero-order valence-corrected chi connectivity index (χ0v) is 13.3. The maximum Gasteiger partial charge on any atom is 0.303 e. The van der Waals surface area contributed by atoms with Gasteiger partial charge in [-0.05, 0) is 25.7 Å². The van der Waals surface area contributed by atoms with Gasteiger partial charge in [0, 0.05) is 25.9 Å². The van der Waals surface area contributed by atoms with Crippen LogP contribution in [0.3, 0.4) is 0 Å². The lowest BCUT2D eigenvalue weighted by Crippen LogP contribution is -2.40. The number of carboxylic acids is 1. The van der Waals surface area contributed by atoms with E-state index in [4.69, 9.17) is 5.11 Å². The molecule has 0 saturated carbocycles. The molecule has 1 aliphatic rings. The topological polar surface area (TPSA) is 86.7 Å². The molecule has 0 aliphatic carbocycles. The molecule has 6 nitrogen and oxygen atoms in total. The van der Waals surface area contributed by atoms with E-state index in [9.17, 15) is 14.4 Å².